The summed E-state index contributed by atoms with van der Waals surface area (Å²) in [4.78, 5) is 21.7. The molecule has 0 fully saturated rings. The number of carbonyl (C=O) groups excluding carboxylic acids is 2. The van der Waals surface area contributed by atoms with E-state index in [1.165, 1.54) is 24.3 Å². The second-order valence-corrected chi connectivity index (χ2v) is 7.38. The predicted molar refractivity (Wildman–Crippen MR) is 99.3 cm³/mol. The average molecular weight is 392 g/mol. The summed E-state index contributed by atoms with van der Waals surface area (Å²) < 4.78 is 38.9. The Morgan fingerprint density at radius 3 is 1.32 bits per heavy atom. The topological polar surface area (TPSA) is 105 Å². The molecule has 2 amide bonds. The van der Waals surface area contributed by atoms with Gasteiger partial charge in [-0.25, -0.2) is 18.4 Å². The summed E-state index contributed by atoms with van der Waals surface area (Å²) in [7, 11) is 0. The SMILES string of the molecule is CC(C)(c1ccc(OC(N)=O)cc1F)C(C)(C)c1ccc(OC(N)=O)cc1F. The van der Waals surface area contributed by atoms with E-state index in [0.717, 1.165) is 12.1 Å². The van der Waals surface area contributed by atoms with Gasteiger partial charge in [0.25, 0.3) is 0 Å². The quantitative estimate of drug-likeness (QED) is 0.798. The number of rotatable bonds is 5. The number of amides is 2. The van der Waals surface area contributed by atoms with Crippen molar-refractivity contribution in [1.82, 2.24) is 0 Å². The lowest BCUT2D eigenvalue weighted by Gasteiger charge is -2.43. The third-order valence-electron chi connectivity index (χ3n) is 5.23. The van der Waals surface area contributed by atoms with E-state index < -0.39 is 34.7 Å². The van der Waals surface area contributed by atoms with E-state index in [1.54, 1.807) is 27.7 Å². The first-order chi connectivity index (χ1) is 12.9. The standard InChI is InChI=1S/C20H22F2N2O4/c1-19(2,13-7-5-11(9-15(13)21)27-17(23)25)20(3,4)14-8-6-12(10-16(14)22)28-18(24)26/h5-10H,1-4H3,(H2,23,25)(H2,24,26). The minimum absolute atomic E-state index is 0.0264. The number of ether oxygens (including phenoxy) is 2. The average Bonchev–Trinajstić information content (AvgIpc) is 2.53. The number of nitrogens with two attached hydrogens (primary N) is 2. The molecule has 0 aliphatic carbocycles. The van der Waals surface area contributed by atoms with Crippen LogP contribution in [-0.4, -0.2) is 12.2 Å². The van der Waals surface area contributed by atoms with Crippen LogP contribution in [0.2, 0.25) is 0 Å². The van der Waals surface area contributed by atoms with Gasteiger partial charge in [-0.1, -0.05) is 39.8 Å². The number of benzene rings is 2. The molecule has 0 spiro atoms. The summed E-state index contributed by atoms with van der Waals surface area (Å²) in [5.41, 5.74) is 8.71. The van der Waals surface area contributed by atoms with Crippen molar-refractivity contribution in [3.05, 3.63) is 59.2 Å². The molecule has 0 unspecified atom stereocenters. The van der Waals surface area contributed by atoms with Crippen LogP contribution in [0.4, 0.5) is 18.4 Å². The Hall–Kier alpha value is -3.16. The monoisotopic (exact) mass is 392 g/mol. The summed E-state index contributed by atoms with van der Waals surface area (Å²) >= 11 is 0. The van der Waals surface area contributed by atoms with Crippen LogP contribution in [0.5, 0.6) is 11.5 Å². The molecule has 0 aromatic heterocycles. The van der Waals surface area contributed by atoms with Gasteiger partial charge in [0.05, 0.1) is 0 Å². The van der Waals surface area contributed by atoms with E-state index in [4.69, 9.17) is 11.5 Å². The highest BCUT2D eigenvalue weighted by atomic mass is 19.1. The van der Waals surface area contributed by atoms with Gasteiger partial charge in [0, 0.05) is 23.0 Å². The summed E-state index contributed by atoms with van der Waals surface area (Å²) in [6, 6.07) is 7.88. The Bertz CT molecular complexity index is 851. The van der Waals surface area contributed by atoms with Gasteiger partial charge in [0.1, 0.15) is 23.1 Å². The zero-order chi connectivity index (χ0) is 21.3. The molecule has 6 nitrogen and oxygen atoms in total. The number of hydrogen-bond acceptors (Lipinski definition) is 4. The lowest BCUT2D eigenvalue weighted by Crippen LogP contribution is -2.41. The summed E-state index contributed by atoms with van der Waals surface area (Å²) in [6.07, 6.45) is -2.10. The van der Waals surface area contributed by atoms with E-state index >= 15 is 0 Å². The summed E-state index contributed by atoms with van der Waals surface area (Å²) in [6.45, 7) is 7.08. The molecule has 150 valence electrons. The normalized spacial score (nSPS) is 11.8. The molecule has 4 N–H and O–H groups in total. The van der Waals surface area contributed by atoms with Crippen molar-refractivity contribution in [2.45, 2.75) is 38.5 Å². The van der Waals surface area contributed by atoms with Crippen molar-refractivity contribution in [3.63, 3.8) is 0 Å². The first-order valence-corrected chi connectivity index (χ1v) is 8.41. The molecule has 2 aromatic rings. The van der Waals surface area contributed by atoms with Gasteiger partial charge in [-0.05, 0) is 23.3 Å². The summed E-state index contributed by atoms with van der Waals surface area (Å²) in [5, 5.41) is 0. The van der Waals surface area contributed by atoms with Gasteiger partial charge < -0.3 is 20.9 Å². The second kappa shape index (κ2) is 7.46. The fourth-order valence-electron chi connectivity index (χ4n) is 3.04. The van der Waals surface area contributed by atoms with Gasteiger partial charge in [0.15, 0.2) is 0 Å². The van der Waals surface area contributed by atoms with Gasteiger partial charge >= 0.3 is 12.2 Å². The third-order valence-corrected chi connectivity index (χ3v) is 5.23. The van der Waals surface area contributed by atoms with E-state index in [2.05, 4.69) is 9.47 Å². The maximum Gasteiger partial charge on any atom is 0.409 e. The highest BCUT2D eigenvalue weighted by molar-refractivity contribution is 5.68. The van der Waals surface area contributed by atoms with E-state index in [9.17, 15) is 18.4 Å². The molecule has 2 aromatic carbocycles. The Labute approximate surface area is 161 Å². The lowest BCUT2D eigenvalue weighted by molar-refractivity contribution is 0.209. The van der Waals surface area contributed by atoms with Crippen molar-refractivity contribution in [2.75, 3.05) is 0 Å². The predicted octanol–water partition coefficient (Wildman–Crippen LogP) is 4.14. The fraction of sp³-hybridized carbons (Fsp3) is 0.300. The molecule has 2 rings (SSSR count). The van der Waals surface area contributed by atoms with Crippen LogP contribution in [0, 0.1) is 11.6 Å². The third kappa shape index (κ3) is 4.05. The zero-order valence-corrected chi connectivity index (χ0v) is 16.0. The molecule has 8 heteroatoms. The molecule has 0 radical (unpaired) electrons. The Balaban J connectivity index is 2.46. The Morgan fingerprint density at radius 1 is 0.750 bits per heavy atom. The molecule has 28 heavy (non-hydrogen) atoms. The van der Waals surface area contributed by atoms with Gasteiger partial charge in [-0.15, -0.1) is 0 Å². The van der Waals surface area contributed by atoms with Crippen molar-refractivity contribution in [2.24, 2.45) is 11.5 Å². The highest BCUT2D eigenvalue weighted by Gasteiger charge is 2.43. The fourth-order valence-corrected chi connectivity index (χ4v) is 3.04. The molecular formula is C20H22F2N2O4. The van der Waals surface area contributed by atoms with Crippen LogP contribution in [0.1, 0.15) is 38.8 Å². The van der Waals surface area contributed by atoms with E-state index in [0.29, 0.717) is 11.1 Å². The van der Waals surface area contributed by atoms with E-state index in [1.807, 2.05) is 0 Å². The summed E-state index contributed by atoms with van der Waals surface area (Å²) in [5.74, 6) is -1.29. The van der Waals surface area contributed by atoms with E-state index in [-0.39, 0.29) is 11.5 Å². The minimum Gasteiger partial charge on any atom is -0.410 e. The maximum atomic E-state index is 14.8. The van der Waals surface area contributed by atoms with Crippen molar-refractivity contribution < 1.29 is 27.8 Å². The minimum atomic E-state index is -1.05. The number of primary amides is 2. The van der Waals surface area contributed by atoms with Crippen molar-refractivity contribution in [1.29, 1.82) is 0 Å². The number of halogens is 2. The molecule has 0 atom stereocenters. The molecule has 0 saturated carbocycles. The number of hydrogen-bond donors (Lipinski definition) is 2. The molecule has 0 heterocycles. The first kappa shape index (κ1) is 21.1. The Kier molecular flexibility index (Phi) is 5.63. The van der Waals surface area contributed by atoms with Crippen molar-refractivity contribution >= 4 is 12.2 Å². The Morgan fingerprint density at radius 2 is 1.07 bits per heavy atom. The molecular weight excluding hydrogens is 370 g/mol. The van der Waals surface area contributed by atoms with Gasteiger partial charge in [-0.2, -0.15) is 0 Å². The van der Waals surface area contributed by atoms with Crippen LogP contribution >= 0.6 is 0 Å². The highest BCUT2D eigenvalue weighted by Crippen LogP contribution is 2.46. The van der Waals surface area contributed by atoms with Gasteiger partial charge in [0.2, 0.25) is 0 Å². The lowest BCUT2D eigenvalue weighted by atomic mass is 9.61. The molecule has 0 aliphatic rings. The van der Waals surface area contributed by atoms with Crippen LogP contribution in [0.3, 0.4) is 0 Å². The van der Waals surface area contributed by atoms with Gasteiger partial charge in [-0.3, -0.25) is 0 Å². The largest absolute Gasteiger partial charge is 0.410 e. The molecule has 0 bridgehead atoms. The molecule has 0 saturated heterocycles. The number of carbonyl (C=O) groups is 2. The van der Waals surface area contributed by atoms with Crippen LogP contribution < -0.4 is 20.9 Å². The second-order valence-electron chi connectivity index (χ2n) is 7.38. The maximum absolute atomic E-state index is 14.8. The van der Waals surface area contributed by atoms with Crippen molar-refractivity contribution in [3.8, 4) is 11.5 Å². The molecule has 0 aliphatic heterocycles. The first-order valence-electron chi connectivity index (χ1n) is 8.41. The van der Waals surface area contributed by atoms with Crippen LogP contribution in [0.25, 0.3) is 0 Å². The smallest absolute Gasteiger partial charge is 0.409 e. The van der Waals surface area contributed by atoms with Crippen LogP contribution in [-0.2, 0) is 10.8 Å². The van der Waals surface area contributed by atoms with Crippen LogP contribution in [0.15, 0.2) is 36.4 Å². The zero-order valence-electron chi connectivity index (χ0n) is 16.0.